The number of piperazine rings is 1. The summed E-state index contributed by atoms with van der Waals surface area (Å²) in [5.74, 6) is -0.552. The highest BCUT2D eigenvalue weighted by Crippen LogP contribution is 2.55. The van der Waals surface area contributed by atoms with Gasteiger partial charge in [0, 0.05) is 38.1 Å². The van der Waals surface area contributed by atoms with E-state index >= 15 is 4.39 Å². The molecule has 2 aliphatic rings. The third kappa shape index (κ3) is 6.27. The molecule has 1 aliphatic heterocycles. The molecule has 1 N–H and O–H groups in total. The molecular weight excluding hydrogens is 610 g/mol. The van der Waals surface area contributed by atoms with Gasteiger partial charge in [0.2, 0.25) is 0 Å². The van der Waals surface area contributed by atoms with Crippen LogP contribution in [0.5, 0.6) is 5.75 Å². The molecule has 2 aromatic carbocycles. The molecule has 2 fully saturated rings. The number of anilines is 2. The molecule has 0 bridgehead atoms. The van der Waals surface area contributed by atoms with Crippen LogP contribution in [0.1, 0.15) is 54.9 Å². The van der Waals surface area contributed by atoms with Gasteiger partial charge in [-0.15, -0.1) is 13.2 Å². The number of amides is 1. The van der Waals surface area contributed by atoms with Crippen LogP contribution in [-0.2, 0) is 13.0 Å². The molecule has 4 aromatic rings. The molecule has 238 valence electrons. The van der Waals surface area contributed by atoms with Gasteiger partial charge in [-0.2, -0.15) is 0 Å². The third-order valence-electron chi connectivity index (χ3n) is 8.82. The van der Waals surface area contributed by atoms with E-state index in [2.05, 4.69) is 31.8 Å². The summed E-state index contributed by atoms with van der Waals surface area (Å²) in [4.78, 5) is 22.0. The van der Waals surface area contributed by atoms with Gasteiger partial charge in [0.05, 0.1) is 21.9 Å². The second kappa shape index (κ2) is 12.1. The fraction of sp³-hybridized carbons (Fsp3) is 0.394. The number of fused-ring (bicyclic) bond motifs is 1. The molecule has 2 aromatic heterocycles. The lowest BCUT2D eigenvalue weighted by Gasteiger charge is -2.45. The first-order chi connectivity index (χ1) is 21.5. The summed E-state index contributed by atoms with van der Waals surface area (Å²) in [7, 11) is 0. The molecule has 1 spiro atoms. The van der Waals surface area contributed by atoms with Crippen LogP contribution in [0.25, 0.3) is 5.65 Å². The van der Waals surface area contributed by atoms with E-state index in [0.29, 0.717) is 65.3 Å². The highest BCUT2D eigenvalue weighted by molar-refractivity contribution is 6.30. The van der Waals surface area contributed by atoms with Crippen molar-refractivity contribution in [2.45, 2.75) is 58.0 Å². The quantitative estimate of drug-likeness (QED) is 0.193. The summed E-state index contributed by atoms with van der Waals surface area (Å²) < 4.78 is 59.3. The number of rotatable bonds is 9. The highest BCUT2D eigenvalue weighted by atomic mass is 35.5. The zero-order valence-electron chi connectivity index (χ0n) is 25.0. The zero-order valence-corrected chi connectivity index (χ0v) is 25.8. The van der Waals surface area contributed by atoms with E-state index < -0.39 is 6.36 Å². The van der Waals surface area contributed by atoms with Crippen LogP contribution >= 0.6 is 11.6 Å². The lowest BCUT2D eigenvalue weighted by atomic mass is 10.0. The van der Waals surface area contributed by atoms with E-state index in [4.69, 9.17) is 11.6 Å². The number of pyridine rings is 1. The van der Waals surface area contributed by atoms with Gasteiger partial charge in [-0.1, -0.05) is 37.9 Å². The van der Waals surface area contributed by atoms with Crippen molar-refractivity contribution < 1.29 is 27.1 Å². The molecule has 0 unspecified atom stereocenters. The van der Waals surface area contributed by atoms with Gasteiger partial charge in [-0.3, -0.25) is 9.20 Å². The summed E-state index contributed by atoms with van der Waals surface area (Å²) in [5.41, 5.74) is 3.39. The molecule has 12 heteroatoms. The van der Waals surface area contributed by atoms with E-state index in [1.807, 2.05) is 13.0 Å². The number of carbonyl (C=O) groups excluding carboxylic acids is 1. The number of alkyl halides is 3. The Morgan fingerprint density at radius 2 is 1.89 bits per heavy atom. The first-order valence-electron chi connectivity index (χ1n) is 15.1. The van der Waals surface area contributed by atoms with Crippen molar-refractivity contribution in [2.75, 3.05) is 29.4 Å². The van der Waals surface area contributed by atoms with Crippen molar-refractivity contribution in [1.29, 1.82) is 0 Å². The Balaban J connectivity index is 1.16. The van der Waals surface area contributed by atoms with Crippen LogP contribution in [0.3, 0.4) is 0 Å². The second-order valence-corrected chi connectivity index (χ2v) is 12.1. The lowest BCUT2D eigenvalue weighted by molar-refractivity contribution is -0.274. The summed E-state index contributed by atoms with van der Waals surface area (Å²) in [6.07, 6.45) is 0.426. The Labute approximate surface area is 263 Å². The van der Waals surface area contributed by atoms with Crippen molar-refractivity contribution in [3.05, 3.63) is 88.6 Å². The van der Waals surface area contributed by atoms with Gasteiger partial charge < -0.3 is 19.9 Å². The Hall–Kier alpha value is -3.99. The number of benzene rings is 2. The molecule has 7 nitrogen and oxygen atoms in total. The Morgan fingerprint density at radius 3 is 2.58 bits per heavy atom. The monoisotopic (exact) mass is 643 g/mol. The number of nitrogens with zero attached hydrogens (tertiary/aromatic N) is 4. The van der Waals surface area contributed by atoms with E-state index in [1.165, 1.54) is 18.2 Å². The first-order valence-corrected chi connectivity index (χ1v) is 15.5. The summed E-state index contributed by atoms with van der Waals surface area (Å²) in [6, 6.07) is 14.5. The van der Waals surface area contributed by atoms with Crippen molar-refractivity contribution in [1.82, 2.24) is 14.7 Å². The van der Waals surface area contributed by atoms with E-state index in [9.17, 15) is 18.0 Å². The normalized spacial score (nSPS) is 19.8. The van der Waals surface area contributed by atoms with Crippen LogP contribution in [0.15, 0.2) is 60.8 Å². The van der Waals surface area contributed by atoms with Crippen LogP contribution in [-0.4, -0.2) is 46.8 Å². The largest absolute Gasteiger partial charge is 0.573 e. The summed E-state index contributed by atoms with van der Waals surface area (Å²) >= 11 is 6.16. The number of carbonyl (C=O) groups is 1. The Morgan fingerprint density at radius 1 is 1.11 bits per heavy atom. The number of hydrogen-bond acceptors (Lipinski definition) is 5. The molecule has 1 amide bonds. The second-order valence-electron chi connectivity index (χ2n) is 11.7. The zero-order chi connectivity index (χ0) is 31.9. The van der Waals surface area contributed by atoms with Crippen LogP contribution < -0.4 is 19.9 Å². The molecule has 1 saturated heterocycles. The standard InChI is InChI=1S/C33H34ClF4N5O2/c1-3-5-22-17-32(22)20-41(14-15-43(32)24-8-10-25(11-9-24)45-33(36,37)38)28-12-6-21(16-26(28)35)18-39-31(44)30-27(4-2)40-29-13-7-23(34)19-42(29)30/h6-13,16,19,22H,3-5,14-15,17-18,20H2,1-2H3,(H,39,44)/t22-,32-/m0/s1. The van der Waals surface area contributed by atoms with Crippen molar-refractivity contribution >= 4 is 34.5 Å². The highest BCUT2D eigenvalue weighted by Gasteiger charge is 2.59. The number of hydrogen-bond donors (Lipinski definition) is 1. The maximum absolute atomic E-state index is 15.6. The Kier molecular flexibility index (Phi) is 8.32. The van der Waals surface area contributed by atoms with Gasteiger partial charge in [-0.25, -0.2) is 9.37 Å². The van der Waals surface area contributed by atoms with Gasteiger partial charge >= 0.3 is 6.36 Å². The number of aryl methyl sites for hydroxylation is 1. The number of imidazole rings is 1. The van der Waals surface area contributed by atoms with E-state index in [0.717, 1.165) is 24.9 Å². The molecule has 45 heavy (non-hydrogen) atoms. The molecule has 6 rings (SSSR count). The van der Waals surface area contributed by atoms with Crippen molar-refractivity contribution in [3.63, 3.8) is 0 Å². The molecule has 1 saturated carbocycles. The molecule has 3 heterocycles. The molecule has 2 atom stereocenters. The van der Waals surface area contributed by atoms with Crippen LogP contribution in [0, 0.1) is 11.7 Å². The fourth-order valence-corrected chi connectivity index (χ4v) is 6.87. The predicted molar refractivity (Wildman–Crippen MR) is 166 cm³/mol. The van der Waals surface area contributed by atoms with Crippen LogP contribution in [0.4, 0.5) is 28.9 Å². The van der Waals surface area contributed by atoms with Gasteiger partial charge in [0.15, 0.2) is 0 Å². The first kappa shape index (κ1) is 31.0. The van der Waals surface area contributed by atoms with Gasteiger partial charge in [0.25, 0.3) is 5.91 Å². The number of nitrogens with one attached hydrogen (secondary N) is 1. The van der Waals surface area contributed by atoms with Gasteiger partial charge in [0.1, 0.15) is 22.9 Å². The number of aromatic nitrogens is 2. The molecular formula is C33H34ClF4N5O2. The van der Waals surface area contributed by atoms with Gasteiger partial charge in [-0.05, 0) is 79.3 Å². The van der Waals surface area contributed by atoms with E-state index in [-0.39, 0.29) is 29.6 Å². The summed E-state index contributed by atoms with van der Waals surface area (Å²) in [5, 5.41) is 3.38. The smallest absolute Gasteiger partial charge is 0.406 e. The Bertz CT molecular complexity index is 1710. The van der Waals surface area contributed by atoms with Crippen molar-refractivity contribution in [2.24, 2.45) is 5.92 Å². The minimum absolute atomic E-state index is 0.136. The molecule has 1 aliphatic carbocycles. The third-order valence-corrected chi connectivity index (χ3v) is 9.05. The summed E-state index contributed by atoms with van der Waals surface area (Å²) in [6.45, 7) is 5.93. The average molecular weight is 644 g/mol. The van der Waals surface area contributed by atoms with E-state index in [1.54, 1.807) is 40.9 Å². The minimum atomic E-state index is -4.75. The van der Waals surface area contributed by atoms with Crippen molar-refractivity contribution in [3.8, 4) is 5.75 Å². The maximum atomic E-state index is 15.6. The molecule has 0 radical (unpaired) electrons. The maximum Gasteiger partial charge on any atom is 0.573 e. The number of ether oxygens (including phenoxy) is 1. The number of halogens is 5. The van der Waals surface area contributed by atoms with Crippen LogP contribution in [0.2, 0.25) is 5.02 Å². The predicted octanol–water partition coefficient (Wildman–Crippen LogP) is 7.40. The minimum Gasteiger partial charge on any atom is -0.406 e. The average Bonchev–Trinajstić information content (AvgIpc) is 3.52. The lowest BCUT2D eigenvalue weighted by Crippen LogP contribution is -2.56. The fourth-order valence-electron chi connectivity index (χ4n) is 6.71. The SMILES string of the molecule is CCC[C@H]1C[C@]12CN(c1ccc(CNC(=O)c3c(CC)nc4ccc(Cl)cn34)cc1F)CCN2c1ccc(OC(F)(F)F)cc1. The topological polar surface area (TPSA) is 62.1 Å².